The Morgan fingerprint density at radius 2 is 1.96 bits per heavy atom. The molecule has 0 bridgehead atoms. The van der Waals surface area contributed by atoms with Crippen molar-refractivity contribution in [1.82, 2.24) is 0 Å². The summed E-state index contributed by atoms with van der Waals surface area (Å²) in [5.41, 5.74) is -1.99. The van der Waals surface area contributed by atoms with Gasteiger partial charge in [-0.3, -0.25) is 9.59 Å². The highest BCUT2D eigenvalue weighted by Crippen LogP contribution is 2.47. The molecule has 1 aromatic carbocycles. The van der Waals surface area contributed by atoms with Gasteiger partial charge in [-0.05, 0) is 50.3 Å². The van der Waals surface area contributed by atoms with E-state index < -0.39 is 23.1 Å². The number of carbonyl (C=O) groups is 3. The SMILES string of the molecule is CC(=O)[C@]1(OC(=O)c2ccc(Cl)cc2)CO[C@@]2(C)C=CC(=O)C[C@H]21. The van der Waals surface area contributed by atoms with E-state index in [2.05, 4.69) is 0 Å². The summed E-state index contributed by atoms with van der Waals surface area (Å²) in [7, 11) is 0. The van der Waals surface area contributed by atoms with Crippen LogP contribution in [0.25, 0.3) is 0 Å². The molecule has 0 aromatic heterocycles. The van der Waals surface area contributed by atoms with Gasteiger partial charge in [-0.1, -0.05) is 11.6 Å². The molecule has 1 fully saturated rings. The zero-order valence-electron chi connectivity index (χ0n) is 13.4. The topological polar surface area (TPSA) is 69.7 Å². The van der Waals surface area contributed by atoms with E-state index in [1.807, 2.05) is 0 Å². The van der Waals surface area contributed by atoms with Crippen molar-refractivity contribution < 1.29 is 23.9 Å². The Morgan fingerprint density at radius 1 is 1.29 bits per heavy atom. The molecular weight excluding hydrogens is 332 g/mol. The Bertz CT molecular complexity index is 738. The minimum atomic E-state index is -1.47. The van der Waals surface area contributed by atoms with Crippen LogP contribution in [0.5, 0.6) is 0 Å². The second-order valence-corrected chi connectivity index (χ2v) is 6.81. The normalized spacial score (nSPS) is 31.6. The Hall–Kier alpha value is -1.98. The fourth-order valence-corrected chi connectivity index (χ4v) is 3.44. The highest BCUT2D eigenvalue weighted by atomic mass is 35.5. The number of rotatable bonds is 3. The number of benzene rings is 1. The Kier molecular flexibility index (Phi) is 4.10. The van der Waals surface area contributed by atoms with Crippen LogP contribution < -0.4 is 0 Å². The number of hydrogen-bond acceptors (Lipinski definition) is 5. The number of carbonyl (C=O) groups excluding carboxylic acids is 3. The lowest BCUT2D eigenvalue weighted by atomic mass is 9.71. The van der Waals surface area contributed by atoms with Gasteiger partial charge in [0, 0.05) is 17.4 Å². The molecule has 0 radical (unpaired) electrons. The fourth-order valence-electron chi connectivity index (χ4n) is 3.32. The van der Waals surface area contributed by atoms with E-state index in [9.17, 15) is 14.4 Å². The van der Waals surface area contributed by atoms with E-state index in [1.54, 1.807) is 25.1 Å². The van der Waals surface area contributed by atoms with Gasteiger partial charge in [-0.25, -0.2) is 4.79 Å². The molecule has 0 unspecified atom stereocenters. The van der Waals surface area contributed by atoms with Crippen LogP contribution in [0.3, 0.4) is 0 Å². The van der Waals surface area contributed by atoms with E-state index >= 15 is 0 Å². The van der Waals surface area contributed by atoms with Crippen LogP contribution in [0.1, 0.15) is 30.6 Å². The summed E-state index contributed by atoms with van der Waals surface area (Å²) in [4.78, 5) is 36.7. The molecule has 5 nitrogen and oxygen atoms in total. The Balaban J connectivity index is 1.94. The molecule has 126 valence electrons. The van der Waals surface area contributed by atoms with Crippen LogP contribution in [-0.2, 0) is 19.1 Å². The molecule has 1 heterocycles. The van der Waals surface area contributed by atoms with Gasteiger partial charge in [0.05, 0.1) is 17.8 Å². The number of allylic oxidation sites excluding steroid dienone is 1. The third-order valence-electron chi connectivity index (χ3n) is 4.81. The minimum Gasteiger partial charge on any atom is -0.445 e. The van der Waals surface area contributed by atoms with Crippen molar-refractivity contribution in [1.29, 1.82) is 0 Å². The van der Waals surface area contributed by atoms with Crippen LogP contribution in [-0.4, -0.2) is 35.3 Å². The van der Waals surface area contributed by atoms with Gasteiger partial charge in [-0.15, -0.1) is 0 Å². The number of ether oxygens (including phenoxy) is 2. The monoisotopic (exact) mass is 348 g/mol. The summed E-state index contributed by atoms with van der Waals surface area (Å²) in [5, 5.41) is 0.493. The maximum absolute atomic E-state index is 12.5. The third-order valence-corrected chi connectivity index (χ3v) is 5.06. The van der Waals surface area contributed by atoms with Crippen LogP contribution in [0.4, 0.5) is 0 Å². The predicted octanol–water partition coefficient (Wildman–Crippen LogP) is 2.76. The first-order chi connectivity index (χ1) is 11.3. The Morgan fingerprint density at radius 3 is 2.58 bits per heavy atom. The zero-order valence-corrected chi connectivity index (χ0v) is 14.1. The molecule has 3 atom stereocenters. The number of hydrogen-bond donors (Lipinski definition) is 0. The van der Waals surface area contributed by atoms with Gasteiger partial charge in [0.15, 0.2) is 17.2 Å². The fraction of sp³-hybridized carbons (Fsp3) is 0.389. The average molecular weight is 349 g/mol. The molecule has 24 heavy (non-hydrogen) atoms. The van der Waals surface area contributed by atoms with Crippen molar-refractivity contribution in [2.45, 2.75) is 31.5 Å². The van der Waals surface area contributed by atoms with Crippen molar-refractivity contribution in [3.05, 3.63) is 47.0 Å². The number of halogens is 1. The van der Waals surface area contributed by atoms with Crippen molar-refractivity contribution in [2.75, 3.05) is 6.61 Å². The van der Waals surface area contributed by atoms with E-state index in [0.717, 1.165) is 0 Å². The quantitative estimate of drug-likeness (QED) is 0.785. The molecule has 0 spiro atoms. The summed E-state index contributed by atoms with van der Waals surface area (Å²) in [6.45, 7) is 3.08. The third kappa shape index (κ3) is 2.68. The second-order valence-electron chi connectivity index (χ2n) is 6.37. The maximum atomic E-state index is 12.5. The Labute approximate surface area is 144 Å². The first-order valence-corrected chi connectivity index (χ1v) is 8.01. The molecule has 1 aliphatic carbocycles. The highest BCUT2D eigenvalue weighted by Gasteiger charge is 2.62. The van der Waals surface area contributed by atoms with Gasteiger partial charge < -0.3 is 9.47 Å². The number of Topliss-reactive ketones (excluding diaryl/α,β-unsaturated/α-hetero) is 1. The molecule has 1 saturated heterocycles. The second kappa shape index (κ2) is 5.83. The van der Waals surface area contributed by atoms with Gasteiger partial charge in [0.1, 0.15) is 0 Å². The predicted molar refractivity (Wildman–Crippen MR) is 86.9 cm³/mol. The number of ketones is 2. The summed E-state index contributed by atoms with van der Waals surface area (Å²) in [6, 6.07) is 6.19. The van der Waals surface area contributed by atoms with Crippen LogP contribution in [0, 0.1) is 5.92 Å². The van der Waals surface area contributed by atoms with Gasteiger partial charge >= 0.3 is 5.97 Å². The first kappa shape index (κ1) is 16.9. The zero-order chi connectivity index (χ0) is 17.5. The number of esters is 1. The molecule has 2 aliphatic rings. The molecule has 1 aromatic rings. The molecular formula is C18H17ClO5. The average Bonchev–Trinajstić information content (AvgIpc) is 2.82. The molecule has 0 N–H and O–H groups in total. The van der Waals surface area contributed by atoms with E-state index in [1.165, 1.54) is 25.1 Å². The summed E-state index contributed by atoms with van der Waals surface area (Å²) >= 11 is 5.82. The van der Waals surface area contributed by atoms with Crippen LogP contribution in [0.15, 0.2) is 36.4 Å². The largest absolute Gasteiger partial charge is 0.445 e. The van der Waals surface area contributed by atoms with Gasteiger partial charge in [0.2, 0.25) is 0 Å². The maximum Gasteiger partial charge on any atom is 0.339 e. The summed E-state index contributed by atoms with van der Waals surface area (Å²) < 4.78 is 11.4. The molecule has 3 rings (SSSR count). The van der Waals surface area contributed by atoms with Gasteiger partial charge in [0.25, 0.3) is 0 Å². The van der Waals surface area contributed by atoms with Crippen LogP contribution >= 0.6 is 11.6 Å². The van der Waals surface area contributed by atoms with Crippen molar-refractivity contribution in [3.63, 3.8) is 0 Å². The summed E-state index contributed by atoms with van der Waals surface area (Å²) in [5.74, 6) is -1.63. The lowest BCUT2D eigenvalue weighted by molar-refractivity contribution is -0.141. The van der Waals surface area contributed by atoms with Crippen molar-refractivity contribution in [3.8, 4) is 0 Å². The van der Waals surface area contributed by atoms with Crippen molar-refractivity contribution >= 4 is 29.1 Å². The van der Waals surface area contributed by atoms with Crippen LogP contribution in [0.2, 0.25) is 5.02 Å². The molecule has 1 aliphatic heterocycles. The number of fused-ring (bicyclic) bond motifs is 1. The summed E-state index contributed by atoms with van der Waals surface area (Å²) in [6.07, 6.45) is 3.19. The van der Waals surface area contributed by atoms with Crippen molar-refractivity contribution in [2.24, 2.45) is 5.92 Å². The minimum absolute atomic E-state index is 0.0690. The lowest BCUT2D eigenvalue weighted by Crippen LogP contribution is -2.53. The van der Waals surface area contributed by atoms with E-state index in [4.69, 9.17) is 21.1 Å². The standard InChI is InChI=1S/C18H17ClO5/c1-11(20)18(24-16(22)12-3-5-13(19)6-4-12)10-23-17(2)8-7-14(21)9-15(17)18/h3-8,15H,9-10H2,1-2H3/t15-,17+,18-/m1/s1. The molecule has 0 saturated carbocycles. The highest BCUT2D eigenvalue weighted by molar-refractivity contribution is 6.30. The van der Waals surface area contributed by atoms with Gasteiger partial charge in [-0.2, -0.15) is 0 Å². The van der Waals surface area contributed by atoms with E-state index in [-0.39, 0.29) is 30.2 Å². The molecule has 6 heteroatoms. The first-order valence-electron chi connectivity index (χ1n) is 7.63. The smallest absolute Gasteiger partial charge is 0.339 e. The van der Waals surface area contributed by atoms with E-state index in [0.29, 0.717) is 5.02 Å². The lowest BCUT2D eigenvalue weighted by Gasteiger charge is -2.37. The molecule has 0 amide bonds.